The van der Waals surface area contributed by atoms with Crippen molar-refractivity contribution < 1.29 is 9.53 Å². The molecular weight excluding hydrogens is 376 g/mol. The molecule has 4 aromatic rings. The zero-order valence-corrected chi connectivity index (χ0v) is 17.1. The van der Waals surface area contributed by atoms with E-state index in [1.165, 1.54) is 0 Å². The maximum absolute atomic E-state index is 12.9. The number of aryl methyl sites for hydroxylation is 2. The van der Waals surface area contributed by atoms with E-state index in [2.05, 4.69) is 15.4 Å². The fourth-order valence-corrected chi connectivity index (χ4v) is 3.19. The molecule has 1 heterocycles. The van der Waals surface area contributed by atoms with Gasteiger partial charge in [0.15, 0.2) is 5.82 Å². The van der Waals surface area contributed by atoms with E-state index in [1.807, 2.05) is 74.5 Å². The predicted octanol–water partition coefficient (Wildman–Crippen LogP) is 4.81. The van der Waals surface area contributed by atoms with Crippen LogP contribution in [-0.4, -0.2) is 27.8 Å². The Kier molecular flexibility index (Phi) is 5.30. The van der Waals surface area contributed by atoms with Crippen molar-refractivity contribution in [3.63, 3.8) is 0 Å². The number of methoxy groups -OCH3 is 1. The van der Waals surface area contributed by atoms with Crippen molar-refractivity contribution >= 4 is 11.6 Å². The minimum absolute atomic E-state index is 0.0950. The van der Waals surface area contributed by atoms with Crippen molar-refractivity contribution in [1.29, 1.82) is 0 Å². The summed E-state index contributed by atoms with van der Waals surface area (Å²) in [4.78, 5) is 17.5. The lowest BCUT2D eigenvalue weighted by Crippen LogP contribution is -2.14. The average Bonchev–Trinajstić information content (AvgIpc) is 3.21. The summed E-state index contributed by atoms with van der Waals surface area (Å²) >= 11 is 0. The number of anilines is 1. The molecule has 1 N–H and O–H groups in total. The van der Waals surface area contributed by atoms with Crippen molar-refractivity contribution in [1.82, 2.24) is 14.8 Å². The van der Waals surface area contributed by atoms with Crippen molar-refractivity contribution in [3.8, 4) is 22.8 Å². The number of ether oxygens (including phenoxy) is 1. The summed E-state index contributed by atoms with van der Waals surface area (Å²) in [6, 6.07) is 23.0. The van der Waals surface area contributed by atoms with Gasteiger partial charge < -0.3 is 10.1 Å². The number of benzene rings is 3. The largest absolute Gasteiger partial charge is 0.497 e. The van der Waals surface area contributed by atoms with Gasteiger partial charge in [-0.3, -0.25) is 4.79 Å². The molecule has 3 aromatic carbocycles. The summed E-state index contributed by atoms with van der Waals surface area (Å²) in [5, 5.41) is 7.40. The highest BCUT2D eigenvalue weighted by Crippen LogP contribution is 2.24. The van der Waals surface area contributed by atoms with Crippen LogP contribution >= 0.6 is 0 Å². The van der Waals surface area contributed by atoms with Crippen LogP contribution in [0.3, 0.4) is 0 Å². The first-order valence-corrected chi connectivity index (χ1v) is 9.60. The number of aromatic nitrogens is 3. The average molecular weight is 398 g/mol. The Bertz CT molecular complexity index is 1200. The van der Waals surface area contributed by atoms with E-state index >= 15 is 0 Å². The predicted molar refractivity (Wildman–Crippen MR) is 117 cm³/mol. The van der Waals surface area contributed by atoms with Crippen LogP contribution in [0.15, 0.2) is 72.8 Å². The summed E-state index contributed by atoms with van der Waals surface area (Å²) in [6.07, 6.45) is 0. The van der Waals surface area contributed by atoms with Crippen LogP contribution in [0.2, 0.25) is 0 Å². The van der Waals surface area contributed by atoms with E-state index in [0.29, 0.717) is 17.3 Å². The molecule has 30 heavy (non-hydrogen) atoms. The van der Waals surface area contributed by atoms with Gasteiger partial charge in [0.1, 0.15) is 5.75 Å². The fourth-order valence-electron chi connectivity index (χ4n) is 3.19. The molecule has 6 heteroatoms. The molecule has 1 aromatic heterocycles. The minimum atomic E-state index is -0.385. The second-order valence-electron chi connectivity index (χ2n) is 7.01. The summed E-state index contributed by atoms with van der Waals surface area (Å²) in [5.41, 5.74) is 4.53. The molecule has 150 valence electrons. The molecule has 0 aliphatic rings. The zero-order valence-electron chi connectivity index (χ0n) is 17.1. The number of nitrogens with one attached hydrogen (secondary N) is 1. The number of nitrogens with zero attached hydrogens (tertiary/aromatic N) is 3. The zero-order chi connectivity index (χ0) is 21.1. The molecule has 0 radical (unpaired) electrons. The van der Waals surface area contributed by atoms with Gasteiger partial charge in [-0.25, -0.2) is 9.67 Å². The van der Waals surface area contributed by atoms with E-state index in [-0.39, 0.29) is 11.7 Å². The molecule has 0 atom stereocenters. The summed E-state index contributed by atoms with van der Waals surface area (Å²) in [5.74, 6) is 0.980. The Morgan fingerprint density at radius 2 is 1.77 bits per heavy atom. The summed E-state index contributed by atoms with van der Waals surface area (Å²) < 4.78 is 6.95. The van der Waals surface area contributed by atoms with Crippen LogP contribution in [0.25, 0.3) is 17.1 Å². The lowest BCUT2D eigenvalue weighted by atomic mass is 10.1. The Hall–Kier alpha value is -3.93. The number of carbonyl (C=O) groups excluding carboxylic acids is 1. The van der Waals surface area contributed by atoms with Gasteiger partial charge in [0.2, 0.25) is 5.82 Å². The Morgan fingerprint density at radius 3 is 2.53 bits per heavy atom. The normalized spacial score (nSPS) is 10.6. The Balaban J connectivity index is 1.77. The first-order valence-electron chi connectivity index (χ1n) is 9.60. The van der Waals surface area contributed by atoms with E-state index in [9.17, 15) is 4.79 Å². The summed E-state index contributed by atoms with van der Waals surface area (Å²) in [7, 11) is 1.58. The number of amides is 1. The Labute approximate surface area is 175 Å². The molecule has 4 rings (SSSR count). The molecule has 6 nitrogen and oxygen atoms in total. The van der Waals surface area contributed by atoms with Crippen LogP contribution in [-0.2, 0) is 0 Å². The number of rotatable bonds is 5. The lowest BCUT2D eigenvalue weighted by Gasteiger charge is -2.10. The molecular formula is C24H22N4O2. The highest BCUT2D eigenvalue weighted by Gasteiger charge is 2.20. The minimum Gasteiger partial charge on any atom is -0.497 e. The second-order valence-corrected chi connectivity index (χ2v) is 7.01. The van der Waals surface area contributed by atoms with E-state index in [0.717, 1.165) is 22.4 Å². The van der Waals surface area contributed by atoms with Crippen LogP contribution in [0.1, 0.15) is 21.7 Å². The van der Waals surface area contributed by atoms with Crippen LogP contribution in [0.4, 0.5) is 5.69 Å². The highest BCUT2D eigenvalue weighted by atomic mass is 16.5. The lowest BCUT2D eigenvalue weighted by molar-refractivity contribution is 0.101. The molecule has 0 fully saturated rings. The van der Waals surface area contributed by atoms with Crippen LogP contribution < -0.4 is 10.1 Å². The second kappa shape index (κ2) is 8.21. The van der Waals surface area contributed by atoms with Gasteiger partial charge in [-0.1, -0.05) is 48.5 Å². The molecule has 0 aliphatic carbocycles. The smallest absolute Gasteiger partial charge is 0.295 e. The van der Waals surface area contributed by atoms with Gasteiger partial charge >= 0.3 is 0 Å². The number of hydrogen-bond acceptors (Lipinski definition) is 4. The first kappa shape index (κ1) is 19.4. The van der Waals surface area contributed by atoms with Crippen molar-refractivity contribution in [3.05, 3.63) is 89.7 Å². The molecule has 0 spiro atoms. The van der Waals surface area contributed by atoms with Crippen molar-refractivity contribution in [2.75, 3.05) is 12.4 Å². The number of carbonyl (C=O) groups is 1. The van der Waals surface area contributed by atoms with Gasteiger partial charge in [0, 0.05) is 17.3 Å². The first-order chi connectivity index (χ1) is 14.5. The van der Waals surface area contributed by atoms with Gasteiger partial charge in [0.05, 0.1) is 12.8 Å². The van der Waals surface area contributed by atoms with Crippen molar-refractivity contribution in [2.45, 2.75) is 13.8 Å². The number of hydrogen-bond donors (Lipinski definition) is 1. The maximum atomic E-state index is 12.9. The Morgan fingerprint density at radius 1 is 0.967 bits per heavy atom. The van der Waals surface area contributed by atoms with Crippen molar-refractivity contribution in [2.24, 2.45) is 0 Å². The molecule has 0 saturated carbocycles. The van der Waals surface area contributed by atoms with Crippen LogP contribution in [0.5, 0.6) is 5.75 Å². The van der Waals surface area contributed by atoms with Crippen LogP contribution in [0, 0.1) is 13.8 Å². The van der Waals surface area contributed by atoms with E-state index < -0.39 is 0 Å². The third-order valence-electron chi connectivity index (χ3n) is 4.76. The third kappa shape index (κ3) is 3.93. The fraction of sp³-hybridized carbons (Fsp3) is 0.125. The van der Waals surface area contributed by atoms with Gasteiger partial charge in [-0.15, -0.1) is 5.10 Å². The molecule has 0 unspecified atom stereocenters. The molecule has 0 bridgehead atoms. The highest BCUT2D eigenvalue weighted by molar-refractivity contribution is 6.02. The SMILES string of the molecule is COc1cccc(NC(=O)c2nc(-c3ccccc3)n(-c3cc(C)ccc3C)n2)c1. The molecule has 0 aliphatic heterocycles. The quantitative estimate of drug-likeness (QED) is 0.524. The third-order valence-corrected chi connectivity index (χ3v) is 4.76. The van der Waals surface area contributed by atoms with E-state index in [4.69, 9.17) is 4.74 Å². The maximum Gasteiger partial charge on any atom is 0.295 e. The summed E-state index contributed by atoms with van der Waals surface area (Å²) in [6.45, 7) is 4.04. The van der Waals surface area contributed by atoms with Gasteiger partial charge in [0.25, 0.3) is 5.91 Å². The standard InChI is InChI=1S/C24H22N4O2/c1-16-12-13-17(2)21(14-16)28-23(18-8-5-4-6-9-18)26-22(27-28)24(29)25-19-10-7-11-20(15-19)30-3/h4-15H,1-3H3,(H,25,29). The van der Waals surface area contributed by atoms with Gasteiger partial charge in [-0.05, 0) is 43.2 Å². The van der Waals surface area contributed by atoms with Gasteiger partial charge in [-0.2, -0.15) is 0 Å². The monoisotopic (exact) mass is 398 g/mol. The van der Waals surface area contributed by atoms with E-state index in [1.54, 1.807) is 23.9 Å². The molecule has 0 saturated heterocycles. The molecule has 1 amide bonds. The topological polar surface area (TPSA) is 69.0 Å².